The van der Waals surface area contributed by atoms with Crippen molar-refractivity contribution in [1.29, 1.82) is 0 Å². The van der Waals surface area contributed by atoms with E-state index in [0.717, 1.165) is 31.0 Å². The summed E-state index contributed by atoms with van der Waals surface area (Å²) >= 11 is 0. The maximum atomic E-state index is 5.64. The van der Waals surface area contributed by atoms with Crippen LogP contribution in [0.4, 0.5) is 11.4 Å². The second-order valence-corrected chi connectivity index (χ2v) is 6.76. The minimum absolute atomic E-state index is 0.716. The summed E-state index contributed by atoms with van der Waals surface area (Å²) in [5.74, 6) is 2.65. The fourth-order valence-corrected chi connectivity index (χ4v) is 4.66. The first-order chi connectivity index (χ1) is 9.92. The molecule has 0 aromatic carbocycles. The van der Waals surface area contributed by atoms with E-state index in [4.69, 9.17) is 4.74 Å². The Balaban J connectivity index is 1.43. The molecule has 1 saturated carbocycles. The lowest BCUT2D eigenvalue weighted by molar-refractivity contribution is 0.0885. The first-order valence-corrected chi connectivity index (χ1v) is 7.95. The molecule has 4 nitrogen and oxygen atoms in total. The number of nitrogens with zero attached hydrogens (tertiary/aromatic N) is 3. The van der Waals surface area contributed by atoms with Crippen LogP contribution in [-0.4, -0.2) is 43.9 Å². The lowest BCUT2D eigenvalue weighted by Crippen LogP contribution is -2.43. The van der Waals surface area contributed by atoms with Crippen LogP contribution < -0.4 is 9.80 Å². The second-order valence-electron chi connectivity index (χ2n) is 6.76. The van der Waals surface area contributed by atoms with Gasteiger partial charge in [0.25, 0.3) is 0 Å². The SMILES string of the molecule is c1cc2c(cn1)N1CCC(C1)N2CC1C2CCOCC21. The minimum Gasteiger partial charge on any atom is -0.381 e. The standard InChI is InChI=1S/C16H21N3O/c1-4-17-7-16-15(1)19(11-2-5-18(16)8-11)9-13-12-3-6-20-10-14(12)13/h1,4,7,11-14H,2-3,5-6,8-10H2. The van der Waals surface area contributed by atoms with Gasteiger partial charge in [-0.1, -0.05) is 0 Å². The lowest BCUT2D eigenvalue weighted by Gasteiger charge is -2.38. The van der Waals surface area contributed by atoms with Gasteiger partial charge < -0.3 is 14.5 Å². The zero-order valence-electron chi connectivity index (χ0n) is 11.7. The van der Waals surface area contributed by atoms with E-state index in [1.165, 1.54) is 43.9 Å². The van der Waals surface area contributed by atoms with Gasteiger partial charge in [-0.2, -0.15) is 0 Å². The zero-order chi connectivity index (χ0) is 13.1. The van der Waals surface area contributed by atoms with Crippen molar-refractivity contribution in [2.45, 2.75) is 18.9 Å². The number of pyridine rings is 1. The molecule has 1 aliphatic carbocycles. The Bertz CT molecular complexity index is 522. The van der Waals surface area contributed by atoms with E-state index in [1.54, 1.807) is 0 Å². The molecule has 0 spiro atoms. The van der Waals surface area contributed by atoms with Crippen LogP contribution in [0, 0.1) is 17.8 Å². The van der Waals surface area contributed by atoms with Crippen molar-refractivity contribution in [2.24, 2.45) is 17.8 Å². The molecule has 2 bridgehead atoms. The summed E-state index contributed by atoms with van der Waals surface area (Å²) in [7, 11) is 0. The molecule has 0 amide bonds. The van der Waals surface area contributed by atoms with Crippen LogP contribution in [0.3, 0.4) is 0 Å². The van der Waals surface area contributed by atoms with E-state index >= 15 is 0 Å². The van der Waals surface area contributed by atoms with Gasteiger partial charge in [0.15, 0.2) is 0 Å². The molecular formula is C16H21N3O. The molecule has 3 aliphatic heterocycles. The van der Waals surface area contributed by atoms with E-state index in [9.17, 15) is 0 Å². The number of fused-ring (bicyclic) bond motifs is 5. The highest BCUT2D eigenvalue weighted by atomic mass is 16.5. The van der Waals surface area contributed by atoms with E-state index in [1.807, 2.05) is 12.4 Å². The summed E-state index contributed by atoms with van der Waals surface area (Å²) in [6, 6.07) is 2.93. The van der Waals surface area contributed by atoms with Crippen LogP contribution in [-0.2, 0) is 4.74 Å². The van der Waals surface area contributed by atoms with Gasteiger partial charge in [-0.15, -0.1) is 0 Å². The summed E-state index contributed by atoms with van der Waals surface area (Å²) in [5.41, 5.74) is 2.76. The van der Waals surface area contributed by atoms with E-state index in [-0.39, 0.29) is 0 Å². The zero-order valence-corrected chi connectivity index (χ0v) is 11.7. The molecule has 3 fully saturated rings. The molecular weight excluding hydrogens is 250 g/mol. The van der Waals surface area contributed by atoms with Gasteiger partial charge in [-0.25, -0.2) is 0 Å². The van der Waals surface area contributed by atoms with Gasteiger partial charge in [0.1, 0.15) is 0 Å². The lowest BCUT2D eigenvalue weighted by atomic mass is 10.1. The van der Waals surface area contributed by atoms with Crippen molar-refractivity contribution in [1.82, 2.24) is 4.98 Å². The monoisotopic (exact) mass is 271 g/mol. The fourth-order valence-electron chi connectivity index (χ4n) is 4.66. The summed E-state index contributed by atoms with van der Waals surface area (Å²) in [6.45, 7) is 5.60. The van der Waals surface area contributed by atoms with Gasteiger partial charge in [0.05, 0.1) is 17.6 Å². The van der Waals surface area contributed by atoms with Crippen molar-refractivity contribution in [3.05, 3.63) is 18.5 Å². The van der Waals surface area contributed by atoms with Crippen molar-refractivity contribution in [3.63, 3.8) is 0 Å². The Morgan fingerprint density at radius 1 is 1.25 bits per heavy atom. The van der Waals surface area contributed by atoms with E-state index in [2.05, 4.69) is 20.9 Å². The molecule has 4 atom stereocenters. The summed E-state index contributed by atoms with van der Waals surface area (Å²) in [4.78, 5) is 9.52. The van der Waals surface area contributed by atoms with E-state index in [0.29, 0.717) is 6.04 Å². The maximum Gasteiger partial charge on any atom is 0.0791 e. The predicted octanol–water partition coefficient (Wildman–Crippen LogP) is 1.76. The number of hydrogen-bond donors (Lipinski definition) is 0. The first-order valence-electron chi connectivity index (χ1n) is 7.95. The van der Waals surface area contributed by atoms with Gasteiger partial charge in [-0.3, -0.25) is 4.98 Å². The molecule has 4 heteroatoms. The molecule has 2 saturated heterocycles. The Morgan fingerprint density at radius 2 is 2.25 bits per heavy atom. The second kappa shape index (κ2) is 4.10. The smallest absolute Gasteiger partial charge is 0.0791 e. The number of aromatic nitrogens is 1. The molecule has 1 aromatic heterocycles. The average Bonchev–Trinajstić information content (AvgIpc) is 3.02. The van der Waals surface area contributed by atoms with Crippen molar-refractivity contribution >= 4 is 11.4 Å². The Labute approximate surface area is 119 Å². The van der Waals surface area contributed by atoms with Crippen LogP contribution in [0.1, 0.15) is 12.8 Å². The fraction of sp³-hybridized carbons (Fsp3) is 0.688. The molecule has 1 aromatic rings. The number of ether oxygens (including phenoxy) is 1. The van der Waals surface area contributed by atoms with E-state index < -0.39 is 0 Å². The Hall–Kier alpha value is -1.29. The third-order valence-corrected chi connectivity index (χ3v) is 5.85. The first kappa shape index (κ1) is 11.4. The highest BCUT2D eigenvalue weighted by Crippen LogP contribution is 2.53. The van der Waals surface area contributed by atoms with Crippen LogP contribution in [0.15, 0.2) is 18.5 Å². The van der Waals surface area contributed by atoms with Gasteiger partial charge >= 0.3 is 0 Å². The van der Waals surface area contributed by atoms with Crippen LogP contribution >= 0.6 is 0 Å². The van der Waals surface area contributed by atoms with Crippen LogP contribution in [0.5, 0.6) is 0 Å². The third-order valence-electron chi connectivity index (χ3n) is 5.85. The normalized spacial score (nSPS) is 37.6. The topological polar surface area (TPSA) is 28.6 Å². The van der Waals surface area contributed by atoms with Gasteiger partial charge in [-0.05, 0) is 36.7 Å². The summed E-state index contributed by atoms with van der Waals surface area (Å²) in [5, 5.41) is 0. The quantitative estimate of drug-likeness (QED) is 0.819. The largest absolute Gasteiger partial charge is 0.381 e. The minimum atomic E-state index is 0.716. The molecule has 106 valence electrons. The molecule has 5 rings (SSSR count). The van der Waals surface area contributed by atoms with Gasteiger partial charge in [0.2, 0.25) is 0 Å². The van der Waals surface area contributed by atoms with Crippen LogP contribution in [0.2, 0.25) is 0 Å². The molecule has 20 heavy (non-hydrogen) atoms. The van der Waals surface area contributed by atoms with Crippen LogP contribution in [0.25, 0.3) is 0 Å². The Kier molecular flexibility index (Phi) is 2.34. The average molecular weight is 271 g/mol. The molecule has 0 N–H and O–H groups in total. The number of rotatable bonds is 2. The third kappa shape index (κ3) is 1.54. The number of anilines is 2. The molecule has 0 radical (unpaired) electrons. The predicted molar refractivity (Wildman–Crippen MR) is 78.1 cm³/mol. The Morgan fingerprint density at radius 3 is 3.15 bits per heavy atom. The molecule has 4 heterocycles. The summed E-state index contributed by atoms with van der Waals surface area (Å²) < 4.78 is 5.64. The number of hydrogen-bond acceptors (Lipinski definition) is 4. The van der Waals surface area contributed by atoms with Crippen molar-refractivity contribution in [3.8, 4) is 0 Å². The molecule has 4 aliphatic rings. The summed E-state index contributed by atoms with van der Waals surface area (Å²) in [6.07, 6.45) is 6.57. The highest BCUT2D eigenvalue weighted by molar-refractivity contribution is 5.74. The molecule has 4 unspecified atom stereocenters. The maximum absolute atomic E-state index is 5.64. The highest BCUT2D eigenvalue weighted by Gasteiger charge is 2.53. The van der Waals surface area contributed by atoms with Crippen molar-refractivity contribution in [2.75, 3.05) is 42.6 Å². The van der Waals surface area contributed by atoms with Gasteiger partial charge in [0, 0.05) is 45.1 Å². The van der Waals surface area contributed by atoms with Crippen molar-refractivity contribution < 1.29 is 4.74 Å².